The third kappa shape index (κ3) is 3.71. The number of ketones is 1. The monoisotopic (exact) mass is 442 g/mol. The van der Waals surface area contributed by atoms with Gasteiger partial charge in [-0.2, -0.15) is 0 Å². The number of allylic oxidation sites excluding steroid dienone is 1. The first-order valence-electron chi connectivity index (χ1n) is 11.2. The van der Waals surface area contributed by atoms with Crippen molar-refractivity contribution in [2.75, 3.05) is 17.3 Å². The first-order chi connectivity index (χ1) is 16.1. The summed E-state index contributed by atoms with van der Waals surface area (Å²) in [6.07, 6.45) is 2.93. The van der Waals surface area contributed by atoms with Crippen molar-refractivity contribution in [2.45, 2.75) is 38.1 Å². The topological polar surface area (TPSA) is 71.8 Å². The zero-order valence-corrected chi connectivity index (χ0v) is 18.7. The van der Waals surface area contributed by atoms with E-state index in [2.05, 4.69) is 5.32 Å². The lowest BCUT2D eigenvalue weighted by atomic mass is 9.79. The average Bonchev–Trinajstić information content (AvgIpc) is 3.33. The van der Waals surface area contributed by atoms with E-state index in [4.69, 9.17) is 9.15 Å². The van der Waals surface area contributed by atoms with Crippen LogP contribution < -0.4 is 15.0 Å². The molecule has 33 heavy (non-hydrogen) atoms. The highest BCUT2D eigenvalue weighted by Gasteiger charge is 2.42. The molecule has 6 nitrogen and oxygen atoms in total. The molecule has 1 amide bonds. The summed E-state index contributed by atoms with van der Waals surface area (Å²) in [5.74, 6) is 1.36. The third-order valence-electron chi connectivity index (χ3n) is 6.46. The van der Waals surface area contributed by atoms with E-state index >= 15 is 0 Å². The molecule has 2 aromatic carbocycles. The Morgan fingerprint density at radius 3 is 2.58 bits per heavy atom. The van der Waals surface area contributed by atoms with Gasteiger partial charge in [-0.1, -0.05) is 31.2 Å². The van der Waals surface area contributed by atoms with Crippen LogP contribution in [0.2, 0.25) is 0 Å². The Morgan fingerprint density at radius 2 is 1.88 bits per heavy atom. The molecule has 0 spiro atoms. The number of fused-ring (bicyclic) bond motifs is 1. The molecule has 2 atom stereocenters. The van der Waals surface area contributed by atoms with Crippen LogP contribution in [0.15, 0.2) is 82.6 Å². The SMILES string of the molecule is CCC(=O)N1c2ccccc2NC2=C(C(=O)C[C@H](c3ccc(OC)cc3)C2)[C@@H]1c1ccco1. The summed E-state index contributed by atoms with van der Waals surface area (Å²) in [4.78, 5) is 28.6. The van der Waals surface area contributed by atoms with Gasteiger partial charge in [0.05, 0.1) is 24.7 Å². The number of hydrogen-bond donors (Lipinski definition) is 1. The number of Topliss-reactive ketones (excluding diaryl/α,β-unsaturated/α-hetero) is 1. The number of methoxy groups -OCH3 is 1. The van der Waals surface area contributed by atoms with Gasteiger partial charge in [0.25, 0.3) is 0 Å². The normalized spacial score (nSPS) is 19.9. The van der Waals surface area contributed by atoms with Crippen LogP contribution in [0.3, 0.4) is 0 Å². The molecule has 1 aliphatic heterocycles. The molecule has 3 aromatic rings. The predicted molar refractivity (Wildman–Crippen MR) is 126 cm³/mol. The lowest BCUT2D eigenvalue weighted by molar-refractivity contribution is -0.119. The second kappa shape index (κ2) is 8.62. The fraction of sp³-hybridized carbons (Fsp3) is 0.259. The van der Waals surface area contributed by atoms with Crippen molar-refractivity contribution in [1.29, 1.82) is 0 Å². The molecule has 0 saturated carbocycles. The zero-order chi connectivity index (χ0) is 22.9. The lowest BCUT2D eigenvalue weighted by Crippen LogP contribution is -2.38. The molecule has 2 aliphatic rings. The van der Waals surface area contributed by atoms with E-state index in [1.165, 1.54) is 0 Å². The largest absolute Gasteiger partial charge is 0.497 e. The van der Waals surface area contributed by atoms with E-state index in [9.17, 15) is 9.59 Å². The number of nitrogens with zero attached hydrogens (tertiary/aromatic N) is 1. The van der Waals surface area contributed by atoms with E-state index in [1.54, 1.807) is 24.3 Å². The Labute approximate surface area is 192 Å². The molecule has 0 bridgehead atoms. The highest BCUT2D eigenvalue weighted by molar-refractivity contribution is 6.06. The van der Waals surface area contributed by atoms with Crippen LogP contribution in [-0.2, 0) is 9.59 Å². The van der Waals surface area contributed by atoms with Crippen LogP contribution in [-0.4, -0.2) is 18.8 Å². The minimum atomic E-state index is -0.608. The zero-order valence-electron chi connectivity index (χ0n) is 18.7. The molecule has 0 fully saturated rings. The number of para-hydroxylation sites is 2. The van der Waals surface area contributed by atoms with Crippen LogP contribution in [0, 0.1) is 0 Å². The molecule has 6 heteroatoms. The van der Waals surface area contributed by atoms with Gasteiger partial charge in [-0.15, -0.1) is 0 Å². The second-order valence-corrected chi connectivity index (χ2v) is 8.37. The molecular formula is C27H26N2O4. The fourth-order valence-electron chi connectivity index (χ4n) is 4.86. The number of rotatable bonds is 4. The number of carbonyl (C=O) groups excluding carboxylic acids is 2. The Morgan fingerprint density at radius 1 is 1.09 bits per heavy atom. The van der Waals surface area contributed by atoms with Crippen LogP contribution in [0.1, 0.15) is 49.5 Å². The minimum Gasteiger partial charge on any atom is -0.497 e. The van der Waals surface area contributed by atoms with E-state index in [-0.39, 0.29) is 17.6 Å². The number of hydrogen-bond acceptors (Lipinski definition) is 5. The van der Waals surface area contributed by atoms with E-state index in [0.29, 0.717) is 30.6 Å². The number of amides is 1. The average molecular weight is 443 g/mol. The van der Waals surface area contributed by atoms with Crippen molar-refractivity contribution in [3.8, 4) is 5.75 Å². The maximum Gasteiger partial charge on any atom is 0.227 e. The van der Waals surface area contributed by atoms with Crippen molar-refractivity contribution in [2.24, 2.45) is 0 Å². The third-order valence-corrected chi connectivity index (χ3v) is 6.46. The number of ether oxygens (including phenoxy) is 1. The van der Waals surface area contributed by atoms with Gasteiger partial charge < -0.3 is 14.5 Å². The molecule has 1 aromatic heterocycles. The molecule has 0 saturated heterocycles. The quantitative estimate of drug-likeness (QED) is 0.570. The number of furan rings is 1. The summed E-state index contributed by atoms with van der Waals surface area (Å²) in [6, 6.07) is 18.6. The maximum atomic E-state index is 13.7. The minimum absolute atomic E-state index is 0.0210. The summed E-state index contributed by atoms with van der Waals surface area (Å²) in [6.45, 7) is 1.83. The van der Waals surface area contributed by atoms with Crippen molar-refractivity contribution >= 4 is 23.1 Å². The van der Waals surface area contributed by atoms with Crippen LogP contribution in [0.25, 0.3) is 0 Å². The summed E-state index contributed by atoms with van der Waals surface area (Å²) >= 11 is 0. The lowest BCUT2D eigenvalue weighted by Gasteiger charge is -2.33. The summed E-state index contributed by atoms with van der Waals surface area (Å²) in [7, 11) is 1.64. The standard InChI is InChI=1S/C27H26N2O4/c1-3-25(31)29-22-8-5-4-7-20(22)28-21-15-18(17-10-12-19(32-2)13-11-17)16-23(30)26(21)27(29)24-9-6-14-33-24/h4-14,18,27-28H,3,15-16H2,1-2H3/t18-,27+/m1/s1. The van der Waals surface area contributed by atoms with Crippen molar-refractivity contribution in [3.63, 3.8) is 0 Å². The van der Waals surface area contributed by atoms with Gasteiger partial charge >= 0.3 is 0 Å². The first kappa shape index (κ1) is 21.1. The Kier molecular flexibility index (Phi) is 5.50. The van der Waals surface area contributed by atoms with Crippen molar-refractivity contribution in [3.05, 3.63) is 89.5 Å². The van der Waals surface area contributed by atoms with Crippen LogP contribution in [0.5, 0.6) is 5.75 Å². The Balaban J connectivity index is 1.65. The summed E-state index contributed by atoms with van der Waals surface area (Å²) in [5, 5.41) is 3.51. The van der Waals surface area contributed by atoms with Gasteiger partial charge in [0, 0.05) is 24.1 Å². The van der Waals surface area contributed by atoms with E-state index < -0.39 is 6.04 Å². The van der Waals surface area contributed by atoms with Crippen molar-refractivity contribution in [1.82, 2.24) is 0 Å². The summed E-state index contributed by atoms with van der Waals surface area (Å²) in [5.41, 5.74) is 4.09. The summed E-state index contributed by atoms with van der Waals surface area (Å²) < 4.78 is 11.1. The van der Waals surface area contributed by atoms with Crippen LogP contribution >= 0.6 is 0 Å². The number of nitrogens with one attached hydrogen (secondary N) is 1. The van der Waals surface area contributed by atoms with Crippen LogP contribution in [0.4, 0.5) is 11.4 Å². The van der Waals surface area contributed by atoms with Gasteiger partial charge in [-0.3, -0.25) is 14.5 Å². The van der Waals surface area contributed by atoms with Gasteiger partial charge in [0.2, 0.25) is 5.91 Å². The van der Waals surface area contributed by atoms with E-state index in [1.807, 2.05) is 61.5 Å². The molecule has 2 heterocycles. The highest BCUT2D eigenvalue weighted by Crippen LogP contribution is 2.47. The van der Waals surface area contributed by atoms with Gasteiger partial charge in [0.15, 0.2) is 5.78 Å². The van der Waals surface area contributed by atoms with Gasteiger partial charge in [0.1, 0.15) is 17.6 Å². The fourth-order valence-corrected chi connectivity index (χ4v) is 4.86. The van der Waals surface area contributed by atoms with Crippen molar-refractivity contribution < 1.29 is 18.7 Å². The number of benzene rings is 2. The number of carbonyl (C=O) groups is 2. The number of anilines is 2. The van der Waals surface area contributed by atoms with Gasteiger partial charge in [-0.05, 0) is 54.3 Å². The first-order valence-corrected chi connectivity index (χ1v) is 11.2. The van der Waals surface area contributed by atoms with Gasteiger partial charge in [-0.25, -0.2) is 0 Å². The van der Waals surface area contributed by atoms with E-state index in [0.717, 1.165) is 28.4 Å². The molecule has 168 valence electrons. The molecular weight excluding hydrogens is 416 g/mol. The highest BCUT2D eigenvalue weighted by atomic mass is 16.5. The Hall–Kier alpha value is -3.80. The smallest absolute Gasteiger partial charge is 0.227 e. The molecule has 0 unspecified atom stereocenters. The molecule has 0 radical (unpaired) electrons. The maximum absolute atomic E-state index is 13.7. The second-order valence-electron chi connectivity index (χ2n) is 8.37. The molecule has 5 rings (SSSR count). The predicted octanol–water partition coefficient (Wildman–Crippen LogP) is 5.60. The Bertz CT molecular complexity index is 1210. The molecule has 1 N–H and O–H groups in total. The molecule has 1 aliphatic carbocycles.